The topological polar surface area (TPSA) is 66.5 Å². The summed E-state index contributed by atoms with van der Waals surface area (Å²) in [7, 11) is 0. The zero-order chi connectivity index (χ0) is 22.8. The maximum atomic E-state index is 9.62. The lowest BCUT2D eigenvalue weighted by molar-refractivity contribution is 0.144. The summed E-state index contributed by atoms with van der Waals surface area (Å²) in [6.07, 6.45) is 33.6. The van der Waals surface area contributed by atoms with Gasteiger partial charge in [0.05, 0.1) is 18.8 Å². The van der Waals surface area contributed by atoms with E-state index in [0.29, 0.717) is 0 Å². The Morgan fingerprint density at radius 3 is 1.23 bits per heavy atom. The van der Waals surface area contributed by atoms with Crippen LogP contribution in [-0.4, -0.2) is 29.0 Å². The molecule has 0 rings (SSSR count). The van der Waals surface area contributed by atoms with Crippen LogP contribution in [0.5, 0.6) is 0 Å². The second kappa shape index (κ2) is 25.9. The first-order valence-corrected chi connectivity index (χ1v) is 13.9. The maximum absolute atomic E-state index is 9.62. The van der Waals surface area contributed by atoms with Crippen molar-refractivity contribution in [1.82, 2.24) is 0 Å². The Morgan fingerprint density at radius 1 is 0.581 bits per heavy atom. The molecule has 0 saturated heterocycles. The minimum Gasteiger partial charge on any atom is -0.395 e. The minimum atomic E-state index is -0.722. The van der Waals surface area contributed by atoms with Crippen molar-refractivity contribution in [3.63, 3.8) is 0 Å². The molecule has 0 aliphatic carbocycles. The highest BCUT2D eigenvalue weighted by atomic mass is 16.3. The molecule has 0 aromatic heterocycles. The first kappa shape index (κ1) is 30.6. The lowest BCUT2D eigenvalue weighted by Crippen LogP contribution is -2.36. The predicted octanol–water partition coefficient (Wildman–Crippen LogP) is 7.83. The number of aliphatic hydroxyl groups is 2. The highest BCUT2D eigenvalue weighted by molar-refractivity contribution is 4.93. The van der Waals surface area contributed by atoms with E-state index < -0.39 is 12.1 Å². The number of unbranched alkanes of at least 4 members (excludes halogenated alkanes) is 21. The van der Waals surface area contributed by atoms with Gasteiger partial charge in [-0.2, -0.15) is 0 Å². The van der Waals surface area contributed by atoms with Crippen LogP contribution < -0.4 is 5.73 Å². The quantitative estimate of drug-likeness (QED) is 0.100. The molecule has 0 heterocycles. The molecule has 2 atom stereocenters. The van der Waals surface area contributed by atoms with Crippen molar-refractivity contribution >= 4 is 0 Å². The molecule has 0 spiro atoms. The van der Waals surface area contributed by atoms with E-state index in [0.717, 1.165) is 6.42 Å². The van der Waals surface area contributed by atoms with E-state index in [-0.39, 0.29) is 6.61 Å². The van der Waals surface area contributed by atoms with Crippen LogP contribution in [0.1, 0.15) is 148 Å². The van der Waals surface area contributed by atoms with Crippen molar-refractivity contribution in [3.8, 4) is 0 Å². The van der Waals surface area contributed by atoms with E-state index in [9.17, 15) is 5.11 Å². The van der Waals surface area contributed by atoms with Crippen molar-refractivity contribution < 1.29 is 10.2 Å². The van der Waals surface area contributed by atoms with Crippen LogP contribution >= 0.6 is 0 Å². The molecule has 0 fully saturated rings. The first-order chi connectivity index (χ1) is 15.2. The van der Waals surface area contributed by atoms with E-state index in [4.69, 9.17) is 10.8 Å². The molecule has 0 aliphatic rings. The van der Waals surface area contributed by atoms with Gasteiger partial charge in [0.15, 0.2) is 0 Å². The van der Waals surface area contributed by atoms with Gasteiger partial charge in [-0.05, 0) is 12.8 Å². The molecule has 0 bridgehead atoms. The van der Waals surface area contributed by atoms with Crippen LogP contribution in [0.25, 0.3) is 0 Å². The van der Waals surface area contributed by atoms with Crippen molar-refractivity contribution in [3.05, 3.63) is 12.2 Å². The number of aliphatic hydroxyl groups excluding tert-OH is 2. The molecular formula is C28H57NO2. The third-order valence-corrected chi connectivity index (χ3v) is 6.46. The number of hydrogen-bond acceptors (Lipinski definition) is 3. The molecular weight excluding hydrogens is 382 g/mol. The lowest BCUT2D eigenvalue weighted by Gasteiger charge is -2.11. The van der Waals surface area contributed by atoms with Crippen LogP contribution in [0.15, 0.2) is 12.2 Å². The zero-order valence-electron chi connectivity index (χ0n) is 21.0. The third-order valence-electron chi connectivity index (χ3n) is 6.46. The summed E-state index contributed by atoms with van der Waals surface area (Å²) >= 11 is 0. The second-order valence-electron chi connectivity index (χ2n) is 9.62. The van der Waals surface area contributed by atoms with Gasteiger partial charge in [-0.1, -0.05) is 147 Å². The Kier molecular flexibility index (Phi) is 25.6. The molecule has 4 N–H and O–H groups in total. The first-order valence-electron chi connectivity index (χ1n) is 13.9. The fraction of sp³-hybridized carbons (Fsp3) is 0.929. The molecule has 0 amide bonds. The smallest absolute Gasteiger partial charge is 0.0894 e. The van der Waals surface area contributed by atoms with Gasteiger partial charge >= 0.3 is 0 Å². The standard InChI is InChI=1S/C28H57NO2/c1-2-3-4-5-6-7-8-9-10-11-12-13-14-15-16-17-18-19-20-21-22-23-24-25-28(31)27(29)26-30/h24-25,27-28,30-31H,2-23,26,29H2,1H3/b25-24+. The van der Waals surface area contributed by atoms with Crippen molar-refractivity contribution in [2.75, 3.05) is 6.61 Å². The normalized spacial score (nSPS) is 13.8. The Morgan fingerprint density at radius 2 is 0.903 bits per heavy atom. The van der Waals surface area contributed by atoms with Crippen LogP contribution in [0.3, 0.4) is 0 Å². The molecule has 0 aromatic rings. The molecule has 0 aliphatic heterocycles. The van der Waals surface area contributed by atoms with Gasteiger partial charge in [0.1, 0.15) is 0 Å². The third kappa shape index (κ3) is 24.1. The van der Waals surface area contributed by atoms with Gasteiger partial charge in [0, 0.05) is 0 Å². The van der Waals surface area contributed by atoms with Crippen molar-refractivity contribution in [1.29, 1.82) is 0 Å². The van der Waals surface area contributed by atoms with Gasteiger partial charge < -0.3 is 15.9 Å². The summed E-state index contributed by atoms with van der Waals surface area (Å²) in [4.78, 5) is 0. The van der Waals surface area contributed by atoms with Gasteiger partial charge in [0.2, 0.25) is 0 Å². The number of rotatable bonds is 25. The molecule has 186 valence electrons. The molecule has 2 unspecified atom stereocenters. The molecule has 0 aromatic carbocycles. The maximum Gasteiger partial charge on any atom is 0.0894 e. The van der Waals surface area contributed by atoms with Crippen LogP contribution in [0, 0.1) is 0 Å². The van der Waals surface area contributed by atoms with Crippen molar-refractivity contribution in [2.24, 2.45) is 5.73 Å². The fourth-order valence-electron chi connectivity index (χ4n) is 4.18. The Bertz CT molecular complexity index is 359. The molecule has 0 saturated carbocycles. The average Bonchev–Trinajstić information content (AvgIpc) is 2.78. The Balaban J connectivity index is 3.12. The average molecular weight is 440 g/mol. The van der Waals surface area contributed by atoms with E-state index in [1.165, 1.54) is 135 Å². The predicted molar refractivity (Wildman–Crippen MR) is 137 cm³/mol. The molecule has 3 heteroatoms. The zero-order valence-corrected chi connectivity index (χ0v) is 21.0. The van der Waals surface area contributed by atoms with E-state index >= 15 is 0 Å². The summed E-state index contributed by atoms with van der Waals surface area (Å²) in [6.45, 7) is 2.12. The van der Waals surface area contributed by atoms with Gasteiger partial charge in [-0.3, -0.25) is 0 Å². The minimum absolute atomic E-state index is 0.176. The van der Waals surface area contributed by atoms with E-state index in [2.05, 4.69) is 6.92 Å². The van der Waals surface area contributed by atoms with Crippen molar-refractivity contribution in [2.45, 2.75) is 160 Å². The van der Waals surface area contributed by atoms with Crippen LogP contribution in [0.2, 0.25) is 0 Å². The van der Waals surface area contributed by atoms with Crippen LogP contribution in [-0.2, 0) is 0 Å². The van der Waals surface area contributed by atoms with Gasteiger partial charge in [-0.25, -0.2) is 0 Å². The van der Waals surface area contributed by atoms with Gasteiger partial charge in [-0.15, -0.1) is 0 Å². The van der Waals surface area contributed by atoms with Gasteiger partial charge in [0.25, 0.3) is 0 Å². The Hall–Kier alpha value is -0.380. The molecule has 3 nitrogen and oxygen atoms in total. The summed E-state index contributed by atoms with van der Waals surface area (Å²) in [6, 6.07) is -0.559. The highest BCUT2D eigenvalue weighted by Gasteiger charge is 2.08. The summed E-state index contributed by atoms with van der Waals surface area (Å²) in [5.74, 6) is 0. The van der Waals surface area contributed by atoms with Crippen LogP contribution in [0.4, 0.5) is 0 Å². The monoisotopic (exact) mass is 439 g/mol. The lowest BCUT2D eigenvalue weighted by atomic mass is 10.0. The fourth-order valence-corrected chi connectivity index (χ4v) is 4.18. The molecule has 31 heavy (non-hydrogen) atoms. The summed E-state index contributed by atoms with van der Waals surface area (Å²) in [5, 5.41) is 18.5. The largest absolute Gasteiger partial charge is 0.395 e. The SMILES string of the molecule is CCCCCCCCCCCCCCCCCCCCCCC/C=C/C(O)C(N)CO. The second-order valence-corrected chi connectivity index (χ2v) is 9.62. The summed E-state index contributed by atoms with van der Waals surface area (Å²) in [5.41, 5.74) is 5.56. The van der Waals surface area contributed by atoms with E-state index in [1.54, 1.807) is 6.08 Å². The highest BCUT2D eigenvalue weighted by Crippen LogP contribution is 2.15. The Labute approximate surface area is 195 Å². The number of hydrogen-bond donors (Lipinski definition) is 3. The summed E-state index contributed by atoms with van der Waals surface area (Å²) < 4.78 is 0. The number of allylic oxidation sites excluding steroid dienone is 1. The van der Waals surface area contributed by atoms with E-state index in [1.807, 2.05) is 6.08 Å². The number of nitrogens with two attached hydrogens (primary N) is 1. The molecule has 0 radical (unpaired) electrons.